The first-order valence-corrected chi connectivity index (χ1v) is 6.63. The molecule has 1 atom stereocenters. The van der Waals surface area contributed by atoms with Crippen molar-refractivity contribution < 1.29 is 4.74 Å². The van der Waals surface area contributed by atoms with Crippen LogP contribution in [0, 0.1) is 13.8 Å². The molecular weight excluding hydrogens is 234 g/mol. The van der Waals surface area contributed by atoms with Gasteiger partial charge in [-0.2, -0.15) is 0 Å². The molecule has 0 saturated carbocycles. The molecule has 0 aliphatic rings. The van der Waals surface area contributed by atoms with Gasteiger partial charge in [0.15, 0.2) is 0 Å². The van der Waals surface area contributed by atoms with Gasteiger partial charge in [0.2, 0.25) is 0 Å². The summed E-state index contributed by atoms with van der Waals surface area (Å²) < 4.78 is 5.89. The Labute approximate surface area is 115 Å². The predicted octanol–water partition coefficient (Wildman–Crippen LogP) is 3.64. The zero-order valence-electron chi connectivity index (χ0n) is 11.8. The largest absolute Gasteiger partial charge is 0.492 e. The van der Waals surface area contributed by atoms with Crippen molar-refractivity contribution in [3.63, 3.8) is 0 Å². The molecule has 2 nitrogen and oxygen atoms in total. The van der Waals surface area contributed by atoms with Crippen molar-refractivity contribution in [2.45, 2.75) is 19.9 Å². The molecule has 0 aliphatic carbocycles. The van der Waals surface area contributed by atoms with Gasteiger partial charge in [0.1, 0.15) is 12.4 Å². The van der Waals surface area contributed by atoms with Gasteiger partial charge in [0, 0.05) is 0 Å². The highest BCUT2D eigenvalue weighted by Crippen LogP contribution is 2.19. The number of rotatable bonds is 5. The number of nitrogens with one attached hydrogen (secondary N) is 1. The Hall–Kier alpha value is -1.80. The maximum Gasteiger partial charge on any atom is 0.119 e. The Morgan fingerprint density at radius 2 is 1.74 bits per heavy atom. The minimum absolute atomic E-state index is 0.211. The van der Waals surface area contributed by atoms with Crippen LogP contribution in [0.3, 0.4) is 0 Å². The van der Waals surface area contributed by atoms with Gasteiger partial charge < -0.3 is 10.1 Å². The standard InChI is InChI=1S/C17H21NO/c1-13-9-10-16(11-14(13)2)19-12-17(18-3)15-7-5-4-6-8-15/h4-11,17-18H,12H2,1-3H3. The number of ether oxygens (including phenoxy) is 1. The zero-order chi connectivity index (χ0) is 13.7. The van der Waals surface area contributed by atoms with E-state index in [1.54, 1.807) is 0 Å². The summed E-state index contributed by atoms with van der Waals surface area (Å²) >= 11 is 0. The van der Waals surface area contributed by atoms with Crippen LogP contribution in [0.5, 0.6) is 5.75 Å². The second-order valence-corrected chi connectivity index (χ2v) is 4.81. The lowest BCUT2D eigenvalue weighted by Gasteiger charge is -2.18. The van der Waals surface area contributed by atoms with Crippen molar-refractivity contribution in [2.24, 2.45) is 0 Å². The molecule has 0 heterocycles. The van der Waals surface area contributed by atoms with Gasteiger partial charge in [-0.3, -0.25) is 0 Å². The summed E-state index contributed by atoms with van der Waals surface area (Å²) in [7, 11) is 1.96. The molecule has 0 aliphatic heterocycles. The SMILES string of the molecule is CNC(COc1ccc(C)c(C)c1)c1ccccc1. The number of hydrogen-bond donors (Lipinski definition) is 1. The highest BCUT2D eigenvalue weighted by molar-refractivity contribution is 5.34. The Balaban J connectivity index is 2.02. The second-order valence-electron chi connectivity index (χ2n) is 4.81. The van der Waals surface area contributed by atoms with E-state index in [1.165, 1.54) is 16.7 Å². The maximum atomic E-state index is 5.89. The fraction of sp³-hybridized carbons (Fsp3) is 0.294. The molecule has 1 N–H and O–H groups in total. The summed E-state index contributed by atoms with van der Waals surface area (Å²) in [5.41, 5.74) is 3.80. The molecule has 2 rings (SSSR count). The normalized spacial score (nSPS) is 12.2. The predicted molar refractivity (Wildman–Crippen MR) is 79.7 cm³/mol. The molecule has 2 heteroatoms. The average molecular weight is 255 g/mol. The van der Waals surface area contributed by atoms with Gasteiger partial charge in [-0.15, -0.1) is 0 Å². The van der Waals surface area contributed by atoms with Gasteiger partial charge in [-0.05, 0) is 49.7 Å². The van der Waals surface area contributed by atoms with Crippen LogP contribution in [0.15, 0.2) is 48.5 Å². The van der Waals surface area contributed by atoms with E-state index in [9.17, 15) is 0 Å². The molecule has 0 saturated heterocycles. The lowest BCUT2D eigenvalue weighted by Crippen LogP contribution is -2.23. The van der Waals surface area contributed by atoms with Gasteiger partial charge in [0.05, 0.1) is 6.04 Å². The highest BCUT2D eigenvalue weighted by Gasteiger charge is 2.09. The van der Waals surface area contributed by atoms with Crippen molar-refractivity contribution in [1.29, 1.82) is 0 Å². The van der Waals surface area contributed by atoms with E-state index in [2.05, 4.69) is 55.6 Å². The van der Waals surface area contributed by atoms with Crippen LogP contribution < -0.4 is 10.1 Å². The molecular formula is C17H21NO. The van der Waals surface area contributed by atoms with Crippen LogP contribution in [-0.2, 0) is 0 Å². The Kier molecular flexibility index (Phi) is 4.58. The lowest BCUT2D eigenvalue weighted by atomic mass is 10.1. The summed E-state index contributed by atoms with van der Waals surface area (Å²) in [4.78, 5) is 0. The minimum Gasteiger partial charge on any atom is -0.492 e. The molecule has 2 aromatic carbocycles. The van der Waals surface area contributed by atoms with Gasteiger partial charge in [-0.25, -0.2) is 0 Å². The number of benzene rings is 2. The topological polar surface area (TPSA) is 21.3 Å². The van der Waals surface area contributed by atoms with Crippen molar-refractivity contribution in [3.8, 4) is 5.75 Å². The quantitative estimate of drug-likeness (QED) is 0.880. The number of likely N-dealkylation sites (N-methyl/N-ethyl adjacent to an activating group) is 1. The highest BCUT2D eigenvalue weighted by atomic mass is 16.5. The third kappa shape index (κ3) is 3.58. The molecule has 0 bridgehead atoms. The van der Waals surface area contributed by atoms with Crippen LogP contribution >= 0.6 is 0 Å². The van der Waals surface area contributed by atoms with Crippen molar-refractivity contribution in [2.75, 3.05) is 13.7 Å². The second kappa shape index (κ2) is 6.39. The molecule has 1 unspecified atom stereocenters. The third-order valence-electron chi connectivity index (χ3n) is 3.45. The monoisotopic (exact) mass is 255 g/mol. The van der Waals surface area contributed by atoms with Crippen LogP contribution in [0.25, 0.3) is 0 Å². The Bertz CT molecular complexity index is 522. The number of aryl methyl sites for hydroxylation is 2. The molecule has 0 spiro atoms. The van der Waals surface area contributed by atoms with E-state index in [1.807, 2.05) is 19.2 Å². The minimum atomic E-state index is 0.211. The summed E-state index contributed by atoms with van der Waals surface area (Å²) in [6.07, 6.45) is 0. The third-order valence-corrected chi connectivity index (χ3v) is 3.45. The van der Waals surface area contributed by atoms with E-state index in [4.69, 9.17) is 4.74 Å². The first-order chi connectivity index (χ1) is 9.20. The van der Waals surface area contributed by atoms with Crippen LogP contribution in [0.2, 0.25) is 0 Å². The zero-order valence-corrected chi connectivity index (χ0v) is 11.8. The van der Waals surface area contributed by atoms with Crippen LogP contribution in [-0.4, -0.2) is 13.7 Å². The molecule has 0 amide bonds. The Morgan fingerprint density at radius 3 is 2.37 bits per heavy atom. The maximum absolute atomic E-state index is 5.89. The first-order valence-electron chi connectivity index (χ1n) is 6.63. The number of hydrogen-bond acceptors (Lipinski definition) is 2. The van der Waals surface area contributed by atoms with E-state index in [0.29, 0.717) is 6.61 Å². The van der Waals surface area contributed by atoms with E-state index in [0.717, 1.165) is 5.75 Å². The van der Waals surface area contributed by atoms with E-state index >= 15 is 0 Å². The fourth-order valence-corrected chi connectivity index (χ4v) is 2.01. The van der Waals surface area contributed by atoms with Crippen LogP contribution in [0.4, 0.5) is 0 Å². The smallest absolute Gasteiger partial charge is 0.119 e. The molecule has 100 valence electrons. The van der Waals surface area contributed by atoms with Crippen LogP contribution in [0.1, 0.15) is 22.7 Å². The van der Waals surface area contributed by atoms with E-state index in [-0.39, 0.29) is 6.04 Å². The lowest BCUT2D eigenvalue weighted by molar-refractivity contribution is 0.273. The summed E-state index contributed by atoms with van der Waals surface area (Å²) in [5, 5.41) is 3.29. The summed E-state index contributed by atoms with van der Waals surface area (Å²) in [5.74, 6) is 0.930. The molecule has 2 aromatic rings. The fourth-order valence-electron chi connectivity index (χ4n) is 2.01. The van der Waals surface area contributed by atoms with Crippen molar-refractivity contribution >= 4 is 0 Å². The molecule has 0 radical (unpaired) electrons. The van der Waals surface area contributed by atoms with E-state index < -0.39 is 0 Å². The van der Waals surface area contributed by atoms with Crippen molar-refractivity contribution in [3.05, 3.63) is 65.2 Å². The summed E-state index contributed by atoms with van der Waals surface area (Å²) in [6.45, 7) is 4.84. The van der Waals surface area contributed by atoms with Gasteiger partial charge in [-0.1, -0.05) is 36.4 Å². The first kappa shape index (κ1) is 13.6. The average Bonchev–Trinajstić information content (AvgIpc) is 2.44. The summed E-state index contributed by atoms with van der Waals surface area (Å²) in [6, 6.07) is 16.8. The van der Waals surface area contributed by atoms with Crippen molar-refractivity contribution in [1.82, 2.24) is 5.32 Å². The molecule has 19 heavy (non-hydrogen) atoms. The molecule has 0 fully saturated rings. The molecule has 0 aromatic heterocycles. The van der Waals surface area contributed by atoms with Gasteiger partial charge >= 0.3 is 0 Å². The van der Waals surface area contributed by atoms with Gasteiger partial charge in [0.25, 0.3) is 0 Å². The Morgan fingerprint density at radius 1 is 1.00 bits per heavy atom.